The maximum absolute atomic E-state index is 11.6. The van der Waals surface area contributed by atoms with Gasteiger partial charge in [0.05, 0.1) is 0 Å². The summed E-state index contributed by atoms with van der Waals surface area (Å²) < 4.78 is 0. The zero-order valence-electron chi connectivity index (χ0n) is 9.50. The van der Waals surface area contributed by atoms with Gasteiger partial charge < -0.3 is 10.2 Å². The average molecular weight is 196 g/mol. The fraction of sp³-hybridized carbons (Fsp3) is 0.727. The van der Waals surface area contributed by atoms with Crippen LogP contribution in [0.5, 0.6) is 0 Å². The van der Waals surface area contributed by atoms with Gasteiger partial charge in [0.15, 0.2) is 0 Å². The van der Waals surface area contributed by atoms with Crippen LogP contribution in [-0.2, 0) is 0 Å². The number of nitrogens with zero attached hydrogens (tertiary/aromatic N) is 1. The molecule has 2 amide bonds. The molecule has 0 aliphatic carbocycles. The molecule has 0 saturated heterocycles. The predicted octanol–water partition coefficient (Wildman–Crippen LogP) is 2.00. The molecule has 3 nitrogen and oxygen atoms in total. The number of nitrogens with one attached hydrogen (secondary N) is 1. The highest BCUT2D eigenvalue weighted by molar-refractivity contribution is 5.75. The van der Waals surface area contributed by atoms with Crippen molar-refractivity contribution in [3.8, 4) is 0 Å². The Bertz CT molecular complexity index is 244. The summed E-state index contributed by atoms with van der Waals surface area (Å²) in [6, 6.07) is 0.262. The van der Waals surface area contributed by atoms with E-state index < -0.39 is 0 Å². The Kier molecular flexibility index (Phi) is 3.55. The van der Waals surface area contributed by atoms with Crippen molar-refractivity contribution in [3.63, 3.8) is 0 Å². The van der Waals surface area contributed by atoms with Gasteiger partial charge in [-0.3, -0.25) is 0 Å². The molecule has 0 saturated carbocycles. The molecule has 1 aliphatic heterocycles. The fourth-order valence-electron chi connectivity index (χ4n) is 1.49. The van der Waals surface area contributed by atoms with Gasteiger partial charge in [0, 0.05) is 19.1 Å². The highest BCUT2D eigenvalue weighted by Crippen LogP contribution is 2.17. The Balaban J connectivity index is 2.42. The van der Waals surface area contributed by atoms with Gasteiger partial charge in [0.1, 0.15) is 0 Å². The summed E-state index contributed by atoms with van der Waals surface area (Å²) in [7, 11) is 0. The van der Waals surface area contributed by atoms with Crippen LogP contribution in [0.15, 0.2) is 11.6 Å². The maximum Gasteiger partial charge on any atom is 0.318 e. The van der Waals surface area contributed by atoms with Crippen molar-refractivity contribution >= 4 is 6.03 Å². The smallest absolute Gasteiger partial charge is 0.318 e. The van der Waals surface area contributed by atoms with Crippen molar-refractivity contribution in [2.75, 3.05) is 13.1 Å². The van der Waals surface area contributed by atoms with Gasteiger partial charge in [-0.15, -0.1) is 0 Å². The van der Waals surface area contributed by atoms with E-state index in [4.69, 9.17) is 0 Å². The second-order valence-corrected chi connectivity index (χ2v) is 4.42. The molecular weight excluding hydrogens is 176 g/mol. The molecule has 1 rings (SSSR count). The van der Waals surface area contributed by atoms with Gasteiger partial charge in [-0.25, -0.2) is 4.79 Å². The first kappa shape index (κ1) is 11.1. The van der Waals surface area contributed by atoms with Crippen LogP contribution in [0.3, 0.4) is 0 Å². The monoisotopic (exact) mass is 196 g/mol. The molecule has 0 aromatic carbocycles. The quantitative estimate of drug-likeness (QED) is 0.673. The minimum absolute atomic E-state index is 0.0481. The van der Waals surface area contributed by atoms with Crippen LogP contribution in [0.1, 0.15) is 27.7 Å². The van der Waals surface area contributed by atoms with Gasteiger partial charge in [-0.1, -0.05) is 25.5 Å². The molecule has 3 heteroatoms. The van der Waals surface area contributed by atoms with Crippen LogP contribution in [0, 0.1) is 5.92 Å². The lowest BCUT2D eigenvalue weighted by Crippen LogP contribution is -2.42. The van der Waals surface area contributed by atoms with Crippen molar-refractivity contribution in [1.82, 2.24) is 10.2 Å². The summed E-state index contributed by atoms with van der Waals surface area (Å²) in [5.74, 6) is 0.548. The zero-order valence-corrected chi connectivity index (χ0v) is 9.50. The van der Waals surface area contributed by atoms with E-state index >= 15 is 0 Å². The molecule has 0 fully saturated rings. The molecular formula is C11H20N2O. The van der Waals surface area contributed by atoms with E-state index in [1.165, 1.54) is 5.57 Å². The van der Waals surface area contributed by atoms with Crippen molar-refractivity contribution in [1.29, 1.82) is 0 Å². The summed E-state index contributed by atoms with van der Waals surface area (Å²) >= 11 is 0. The van der Waals surface area contributed by atoms with E-state index in [-0.39, 0.29) is 12.1 Å². The minimum atomic E-state index is 0.0481. The lowest BCUT2D eigenvalue weighted by Gasteiger charge is -2.19. The van der Waals surface area contributed by atoms with Gasteiger partial charge in [-0.2, -0.15) is 0 Å². The molecule has 1 heterocycles. The Morgan fingerprint density at radius 3 is 2.50 bits per heavy atom. The van der Waals surface area contributed by atoms with Crippen molar-refractivity contribution in [2.24, 2.45) is 5.92 Å². The van der Waals surface area contributed by atoms with E-state index in [0.29, 0.717) is 5.92 Å². The molecule has 0 aromatic rings. The Labute approximate surface area is 86.2 Å². The normalized spacial score (nSPS) is 16.4. The molecule has 1 aliphatic rings. The molecule has 80 valence electrons. The molecule has 0 radical (unpaired) electrons. The molecule has 0 bridgehead atoms. The SMILES string of the molecule is CC(C)NC(=O)N1CC=C(C(C)C)C1. The fourth-order valence-corrected chi connectivity index (χ4v) is 1.49. The highest BCUT2D eigenvalue weighted by Gasteiger charge is 2.20. The van der Waals surface area contributed by atoms with Crippen LogP contribution in [0.4, 0.5) is 4.79 Å². The summed E-state index contributed by atoms with van der Waals surface area (Å²) in [4.78, 5) is 13.4. The maximum atomic E-state index is 11.6. The van der Waals surface area contributed by atoms with Crippen LogP contribution >= 0.6 is 0 Å². The molecule has 0 spiro atoms. The highest BCUT2D eigenvalue weighted by atomic mass is 16.2. The summed E-state index contributed by atoms with van der Waals surface area (Å²) in [5, 5.41) is 2.90. The largest absolute Gasteiger partial charge is 0.336 e. The molecule has 1 N–H and O–H groups in total. The van der Waals surface area contributed by atoms with Crippen LogP contribution in [-0.4, -0.2) is 30.1 Å². The Morgan fingerprint density at radius 2 is 2.07 bits per heavy atom. The number of rotatable bonds is 2. The molecule has 0 atom stereocenters. The van der Waals surface area contributed by atoms with Crippen molar-refractivity contribution < 1.29 is 4.79 Å². The Morgan fingerprint density at radius 1 is 1.43 bits per heavy atom. The number of hydrogen-bond acceptors (Lipinski definition) is 1. The number of urea groups is 1. The lowest BCUT2D eigenvalue weighted by molar-refractivity contribution is 0.207. The third kappa shape index (κ3) is 2.76. The van der Waals surface area contributed by atoms with Crippen LogP contribution < -0.4 is 5.32 Å². The first-order chi connectivity index (χ1) is 6.50. The number of hydrogen-bond donors (Lipinski definition) is 1. The Hall–Kier alpha value is -0.990. The second-order valence-electron chi connectivity index (χ2n) is 4.42. The van der Waals surface area contributed by atoms with E-state index in [1.54, 1.807) is 0 Å². The van der Waals surface area contributed by atoms with E-state index in [0.717, 1.165) is 13.1 Å². The third-order valence-corrected chi connectivity index (χ3v) is 2.39. The topological polar surface area (TPSA) is 32.3 Å². The number of carbonyl (C=O) groups is 1. The van der Waals surface area contributed by atoms with Crippen molar-refractivity contribution in [2.45, 2.75) is 33.7 Å². The second kappa shape index (κ2) is 4.49. The molecule has 14 heavy (non-hydrogen) atoms. The average Bonchev–Trinajstić information content (AvgIpc) is 2.50. The zero-order chi connectivity index (χ0) is 10.7. The first-order valence-electron chi connectivity index (χ1n) is 5.25. The van der Waals surface area contributed by atoms with Crippen LogP contribution in [0.2, 0.25) is 0 Å². The standard InChI is InChI=1S/C11H20N2O/c1-8(2)10-5-6-13(7-10)11(14)12-9(3)4/h5,8-9H,6-7H2,1-4H3,(H,12,14). The van der Waals surface area contributed by atoms with Crippen molar-refractivity contribution in [3.05, 3.63) is 11.6 Å². The van der Waals surface area contributed by atoms with Gasteiger partial charge >= 0.3 is 6.03 Å². The first-order valence-corrected chi connectivity index (χ1v) is 5.25. The number of amides is 2. The summed E-state index contributed by atoms with van der Waals surface area (Å²) in [5.41, 5.74) is 1.36. The van der Waals surface area contributed by atoms with E-state index in [2.05, 4.69) is 25.2 Å². The summed E-state index contributed by atoms with van der Waals surface area (Å²) in [6.45, 7) is 9.82. The van der Waals surface area contributed by atoms with Gasteiger partial charge in [0.25, 0.3) is 0 Å². The minimum Gasteiger partial charge on any atom is -0.336 e. The molecule has 0 aromatic heterocycles. The number of carbonyl (C=O) groups excluding carboxylic acids is 1. The predicted molar refractivity (Wildman–Crippen MR) is 58.2 cm³/mol. The van der Waals surface area contributed by atoms with Crippen LogP contribution in [0.25, 0.3) is 0 Å². The molecule has 0 unspecified atom stereocenters. The third-order valence-electron chi connectivity index (χ3n) is 2.39. The van der Waals surface area contributed by atoms with E-state index in [9.17, 15) is 4.79 Å². The van der Waals surface area contributed by atoms with Gasteiger partial charge in [0.2, 0.25) is 0 Å². The van der Waals surface area contributed by atoms with Gasteiger partial charge in [-0.05, 0) is 19.8 Å². The van der Waals surface area contributed by atoms with E-state index in [1.807, 2.05) is 18.7 Å². The lowest BCUT2D eigenvalue weighted by atomic mass is 10.1. The summed E-state index contributed by atoms with van der Waals surface area (Å²) in [6.07, 6.45) is 2.16.